The van der Waals surface area contributed by atoms with Crippen molar-refractivity contribution in [2.45, 2.75) is 10.1 Å². The molecule has 0 aliphatic rings. The average molecular weight is 747 g/mol. The van der Waals surface area contributed by atoms with Crippen LogP contribution in [0.15, 0.2) is 126 Å². The van der Waals surface area contributed by atoms with Gasteiger partial charge in [0.05, 0.1) is 35.0 Å². The van der Waals surface area contributed by atoms with Crippen molar-refractivity contribution in [2.75, 3.05) is 24.9 Å². The lowest BCUT2D eigenvalue weighted by atomic mass is 10.1. The molecule has 0 saturated heterocycles. The summed E-state index contributed by atoms with van der Waals surface area (Å²) in [5.74, 6) is -0.636. The summed E-state index contributed by atoms with van der Waals surface area (Å²) in [4.78, 5) is 41.3. The standard InChI is InChI=1S/C38H30Cl3N3O5S/c1-48-32-22-33(49-2)30(21-29(32)40)43-38(47)35(23-11-5-3-6-12-23)50-27-17-10-16-26(20-27)42-37(46)31(19-25-15-9-18-28(39)34(25)41)44-36(45)24-13-7-4-8-14-24/h3-22,35H,1-2H3,(H,42,46)(H,43,47)(H,44,45)/b31-19+. The number of hydrogen-bond donors (Lipinski definition) is 3. The van der Waals surface area contributed by atoms with Gasteiger partial charge in [0.15, 0.2) is 0 Å². The van der Waals surface area contributed by atoms with Gasteiger partial charge in [0.25, 0.3) is 11.8 Å². The van der Waals surface area contributed by atoms with E-state index in [1.165, 1.54) is 32.1 Å². The molecule has 5 aromatic rings. The number of benzene rings is 5. The fraction of sp³-hybridized carbons (Fsp3) is 0.0789. The summed E-state index contributed by atoms with van der Waals surface area (Å²) in [5.41, 5.74) is 2.29. The van der Waals surface area contributed by atoms with E-state index >= 15 is 0 Å². The minimum Gasteiger partial charge on any atom is -0.495 e. The van der Waals surface area contributed by atoms with Gasteiger partial charge in [0.2, 0.25) is 5.91 Å². The molecule has 12 heteroatoms. The molecular formula is C38H30Cl3N3O5S. The smallest absolute Gasteiger partial charge is 0.272 e. The summed E-state index contributed by atoms with van der Waals surface area (Å²) in [7, 11) is 2.98. The molecule has 0 aliphatic carbocycles. The number of carbonyl (C=O) groups is 3. The van der Waals surface area contributed by atoms with Gasteiger partial charge in [0, 0.05) is 22.2 Å². The maximum absolute atomic E-state index is 13.8. The summed E-state index contributed by atoms with van der Waals surface area (Å²) in [6.45, 7) is 0. The number of amides is 3. The molecule has 50 heavy (non-hydrogen) atoms. The first-order valence-electron chi connectivity index (χ1n) is 15.0. The Morgan fingerprint density at radius 1 is 0.720 bits per heavy atom. The molecule has 8 nitrogen and oxygen atoms in total. The first-order valence-corrected chi connectivity index (χ1v) is 17.1. The van der Waals surface area contributed by atoms with E-state index in [1.54, 1.807) is 78.9 Å². The Kier molecular flexibility index (Phi) is 12.5. The third-order valence-electron chi connectivity index (χ3n) is 7.23. The third-order valence-corrected chi connectivity index (χ3v) is 9.61. The molecule has 0 fully saturated rings. The zero-order valence-electron chi connectivity index (χ0n) is 26.7. The molecule has 254 valence electrons. The Balaban J connectivity index is 1.41. The summed E-state index contributed by atoms with van der Waals surface area (Å²) in [6.07, 6.45) is 1.46. The maximum Gasteiger partial charge on any atom is 0.272 e. The molecular weight excluding hydrogens is 717 g/mol. The van der Waals surface area contributed by atoms with Crippen LogP contribution in [0.5, 0.6) is 11.5 Å². The van der Waals surface area contributed by atoms with Gasteiger partial charge in [-0.1, -0.05) is 102 Å². The van der Waals surface area contributed by atoms with E-state index in [9.17, 15) is 14.4 Å². The van der Waals surface area contributed by atoms with Crippen molar-refractivity contribution < 1.29 is 23.9 Å². The van der Waals surface area contributed by atoms with Gasteiger partial charge in [-0.3, -0.25) is 14.4 Å². The molecule has 1 unspecified atom stereocenters. The van der Waals surface area contributed by atoms with Crippen LogP contribution in [0, 0.1) is 0 Å². The van der Waals surface area contributed by atoms with Crippen molar-refractivity contribution in [2.24, 2.45) is 0 Å². The third kappa shape index (κ3) is 9.19. The average Bonchev–Trinajstić information content (AvgIpc) is 3.13. The van der Waals surface area contributed by atoms with Crippen LogP contribution in [0.1, 0.15) is 26.7 Å². The number of nitrogens with one attached hydrogen (secondary N) is 3. The van der Waals surface area contributed by atoms with Crippen molar-refractivity contribution in [1.29, 1.82) is 0 Å². The molecule has 3 N–H and O–H groups in total. The largest absolute Gasteiger partial charge is 0.495 e. The number of hydrogen-bond acceptors (Lipinski definition) is 6. The fourth-order valence-electron chi connectivity index (χ4n) is 4.77. The highest BCUT2D eigenvalue weighted by molar-refractivity contribution is 8.00. The zero-order chi connectivity index (χ0) is 35.6. The summed E-state index contributed by atoms with van der Waals surface area (Å²) >= 11 is 20.3. The maximum atomic E-state index is 13.8. The lowest BCUT2D eigenvalue weighted by molar-refractivity contribution is -0.116. The lowest BCUT2D eigenvalue weighted by Crippen LogP contribution is -2.30. The van der Waals surface area contributed by atoms with Crippen LogP contribution < -0.4 is 25.4 Å². The van der Waals surface area contributed by atoms with E-state index in [4.69, 9.17) is 44.3 Å². The monoisotopic (exact) mass is 745 g/mol. The van der Waals surface area contributed by atoms with Gasteiger partial charge in [-0.25, -0.2) is 0 Å². The molecule has 5 rings (SSSR count). The van der Waals surface area contributed by atoms with Crippen LogP contribution in [0.4, 0.5) is 11.4 Å². The Labute approximate surface area is 308 Å². The minimum absolute atomic E-state index is 0.0604. The van der Waals surface area contributed by atoms with Crippen molar-refractivity contribution in [1.82, 2.24) is 5.32 Å². The molecule has 1 atom stereocenters. The number of methoxy groups -OCH3 is 2. The van der Waals surface area contributed by atoms with Gasteiger partial charge in [-0.05, 0) is 59.7 Å². The molecule has 0 aromatic heterocycles. The number of halogens is 3. The molecule has 0 radical (unpaired) electrons. The van der Waals surface area contributed by atoms with Crippen LogP contribution >= 0.6 is 46.6 Å². The van der Waals surface area contributed by atoms with E-state index in [0.717, 1.165) is 5.56 Å². The van der Waals surface area contributed by atoms with Gasteiger partial charge in [-0.2, -0.15) is 0 Å². The van der Waals surface area contributed by atoms with Crippen molar-refractivity contribution >= 4 is 81.7 Å². The molecule has 0 bridgehead atoms. The Bertz CT molecular complexity index is 2050. The Hall–Kier alpha value is -4.93. The predicted molar refractivity (Wildman–Crippen MR) is 202 cm³/mol. The summed E-state index contributed by atoms with van der Waals surface area (Å²) < 4.78 is 10.8. The van der Waals surface area contributed by atoms with Crippen LogP contribution in [-0.4, -0.2) is 31.9 Å². The highest BCUT2D eigenvalue weighted by Gasteiger charge is 2.24. The second kappa shape index (κ2) is 17.1. The first-order chi connectivity index (χ1) is 24.2. The number of ether oxygens (including phenoxy) is 2. The van der Waals surface area contributed by atoms with Crippen LogP contribution in [-0.2, 0) is 9.59 Å². The fourth-order valence-corrected chi connectivity index (χ4v) is 6.46. The lowest BCUT2D eigenvalue weighted by Gasteiger charge is -2.19. The summed E-state index contributed by atoms with van der Waals surface area (Å²) in [6, 6.07) is 33.0. The molecule has 0 heterocycles. The topological polar surface area (TPSA) is 106 Å². The Morgan fingerprint density at radius 3 is 2.10 bits per heavy atom. The predicted octanol–water partition coefficient (Wildman–Crippen LogP) is 9.55. The normalized spacial score (nSPS) is 11.7. The molecule has 0 aliphatic heterocycles. The van der Waals surface area contributed by atoms with Crippen LogP contribution in [0.25, 0.3) is 6.08 Å². The first kappa shape index (κ1) is 36.4. The quantitative estimate of drug-likeness (QED) is 0.0868. The zero-order valence-corrected chi connectivity index (χ0v) is 29.8. The molecule has 0 saturated carbocycles. The van der Waals surface area contributed by atoms with Crippen molar-refractivity contribution in [3.63, 3.8) is 0 Å². The van der Waals surface area contributed by atoms with Gasteiger partial charge in [-0.15, -0.1) is 11.8 Å². The van der Waals surface area contributed by atoms with Gasteiger partial charge >= 0.3 is 0 Å². The van der Waals surface area contributed by atoms with Crippen molar-refractivity contribution in [3.8, 4) is 11.5 Å². The van der Waals surface area contributed by atoms with Crippen molar-refractivity contribution in [3.05, 3.63) is 153 Å². The van der Waals surface area contributed by atoms with E-state index in [1.807, 2.05) is 36.4 Å². The highest BCUT2D eigenvalue weighted by Crippen LogP contribution is 2.40. The second-order valence-electron chi connectivity index (χ2n) is 10.6. The van der Waals surface area contributed by atoms with E-state index in [2.05, 4.69) is 16.0 Å². The Morgan fingerprint density at radius 2 is 1.40 bits per heavy atom. The number of thioether (sulfide) groups is 1. The second-order valence-corrected chi connectivity index (χ2v) is 13.0. The van der Waals surface area contributed by atoms with Crippen LogP contribution in [0.3, 0.4) is 0 Å². The minimum atomic E-state index is -0.710. The van der Waals surface area contributed by atoms with Gasteiger partial charge in [0.1, 0.15) is 22.4 Å². The number of carbonyl (C=O) groups excluding carboxylic acids is 3. The molecule has 0 spiro atoms. The van der Waals surface area contributed by atoms with E-state index in [0.29, 0.717) is 48.9 Å². The molecule has 5 aromatic carbocycles. The van der Waals surface area contributed by atoms with E-state index < -0.39 is 17.1 Å². The number of rotatable bonds is 12. The summed E-state index contributed by atoms with van der Waals surface area (Å²) in [5, 5.41) is 8.61. The SMILES string of the molecule is COc1cc(OC)c(NC(=O)C(Sc2cccc(NC(=O)/C(=C\c3cccc(Cl)c3Cl)NC(=O)c3ccccc3)c2)c2ccccc2)cc1Cl. The number of anilines is 2. The van der Waals surface area contributed by atoms with Crippen LogP contribution in [0.2, 0.25) is 15.1 Å². The highest BCUT2D eigenvalue weighted by atomic mass is 35.5. The molecule has 3 amide bonds. The van der Waals surface area contributed by atoms with Gasteiger partial charge < -0.3 is 25.4 Å². The van der Waals surface area contributed by atoms with E-state index in [-0.39, 0.29) is 16.6 Å².